The van der Waals surface area contributed by atoms with Crippen molar-refractivity contribution in [2.75, 3.05) is 45.9 Å². The standard InChI is InChI=1S/C10H18N2O7.6Na.2H2O.6H/c13-4-3-11(5-8(14)15)1-2-12(6-9(16)17)7-10(18)19;;;;;;;;;;;;;;/h13H,1-7H2,(H,14,15)(H,16,17)(H,18,19);;;;;;;2*1H2;;;;;;/q;6*+1;;;6*-1. The minimum Gasteiger partial charge on any atom is -1.00 e. The number of nitrogens with zero attached hydrogens (tertiary/aromatic N) is 2. The van der Waals surface area contributed by atoms with E-state index in [0.717, 1.165) is 0 Å². The Labute approximate surface area is 300 Å². The predicted octanol–water partition coefficient (Wildman–Crippen LogP) is -21.1. The Morgan fingerprint density at radius 2 is 0.852 bits per heavy atom. The van der Waals surface area contributed by atoms with Gasteiger partial charge >= 0.3 is 195 Å². The zero-order chi connectivity index (χ0) is 14.8. The van der Waals surface area contributed by atoms with Crippen LogP contribution in [0, 0.1) is 0 Å². The molecule has 0 aliphatic carbocycles. The van der Waals surface area contributed by atoms with Gasteiger partial charge < -0.3 is 39.9 Å². The van der Waals surface area contributed by atoms with Gasteiger partial charge in [0.2, 0.25) is 0 Å². The first kappa shape index (κ1) is 57.7. The van der Waals surface area contributed by atoms with E-state index in [9.17, 15) is 14.4 Å². The first-order chi connectivity index (χ1) is 8.85. The van der Waals surface area contributed by atoms with Gasteiger partial charge in [-0.25, -0.2) is 0 Å². The van der Waals surface area contributed by atoms with E-state index < -0.39 is 31.0 Å². The van der Waals surface area contributed by atoms with Crippen molar-refractivity contribution in [3.63, 3.8) is 0 Å². The summed E-state index contributed by atoms with van der Waals surface area (Å²) in [5.74, 6) is -3.39. The zero-order valence-corrected chi connectivity index (χ0v) is 29.4. The molecule has 0 aromatic rings. The zero-order valence-electron chi connectivity index (χ0n) is 23.4. The molecule has 0 atom stereocenters. The van der Waals surface area contributed by atoms with Crippen molar-refractivity contribution in [1.82, 2.24) is 9.80 Å². The van der Waals surface area contributed by atoms with Crippen LogP contribution in [0.2, 0.25) is 0 Å². The molecule has 0 radical (unpaired) electrons. The van der Waals surface area contributed by atoms with Gasteiger partial charge in [0.05, 0.1) is 26.2 Å². The third-order valence-corrected chi connectivity index (χ3v) is 2.23. The summed E-state index contributed by atoms with van der Waals surface area (Å²) >= 11 is 0. The van der Waals surface area contributed by atoms with Gasteiger partial charge in [-0.1, -0.05) is 0 Å². The first-order valence-corrected chi connectivity index (χ1v) is 5.56. The molecule has 27 heavy (non-hydrogen) atoms. The van der Waals surface area contributed by atoms with E-state index in [1.807, 2.05) is 0 Å². The topological polar surface area (TPSA) is 202 Å². The van der Waals surface area contributed by atoms with E-state index in [4.69, 9.17) is 20.4 Å². The number of aliphatic hydroxyl groups is 1. The van der Waals surface area contributed by atoms with Crippen LogP contribution in [0.5, 0.6) is 0 Å². The van der Waals surface area contributed by atoms with Gasteiger partial charge in [0.15, 0.2) is 0 Å². The summed E-state index contributed by atoms with van der Waals surface area (Å²) < 4.78 is 0. The minimum atomic E-state index is -1.16. The van der Waals surface area contributed by atoms with Crippen LogP contribution in [0.25, 0.3) is 0 Å². The SMILES string of the molecule is O.O.O=C(O)CN(CCO)CCN(CC(=O)O)CC(=O)O.[H-].[H-].[H-].[H-].[H-].[H-].[Na+].[Na+].[Na+].[Na+].[Na+].[Na+]. The molecule has 8 N–H and O–H groups in total. The molecule has 0 aliphatic rings. The molecule has 0 bridgehead atoms. The van der Waals surface area contributed by atoms with Gasteiger partial charge in [-0.05, 0) is 0 Å². The molecule has 17 heteroatoms. The molecule has 0 saturated heterocycles. The van der Waals surface area contributed by atoms with Crippen LogP contribution in [0.4, 0.5) is 0 Å². The van der Waals surface area contributed by atoms with Crippen molar-refractivity contribution in [1.29, 1.82) is 0 Å². The maximum atomic E-state index is 10.6. The van der Waals surface area contributed by atoms with Gasteiger partial charge in [-0.15, -0.1) is 0 Å². The molecule has 0 spiro atoms. The van der Waals surface area contributed by atoms with E-state index in [0.29, 0.717) is 0 Å². The third-order valence-electron chi connectivity index (χ3n) is 2.23. The predicted molar refractivity (Wildman–Crippen MR) is 76.8 cm³/mol. The molecule has 11 nitrogen and oxygen atoms in total. The van der Waals surface area contributed by atoms with Crippen molar-refractivity contribution in [3.8, 4) is 0 Å². The Morgan fingerprint density at radius 3 is 1.11 bits per heavy atom. The van der Waals surface area contributed by atoms with E-state index in [2.05, 4.69) is 0 Å². The first-order valence-electron chi connectivity index (χ1n) is 5.56. The average molecular weight is 458 g/mol. The van der Waals surface area contributed by atoms with E-state index in [-0.39, 0.29) is 230 Å². The van der Waals surface area contributed by atoms with Crippen LogP contribution in [-0.4, -0.2) is 105 Å². The summed E-state index contributed by atoms with van der Waals surface area (Å²) in [4.78, 5) is 34.3. The fourth-order valence-electron chi connectivity index (χ4n) is 1.48. The van der Waals surface area contributed by atoms with Crippen molar-refractivity contribution in [3.05, 3.63) is 0 Å². The molecule has 0 fully saturated rings. The average Bonchev–Trinajstić information content (AvgIpc) is 2.23. The van der Waals surface area contributed by atoms with Crippen molar-refractivity contribution in [2.24, 2.45) is 0 Å². The maximum Gasteiger partial charge on any atom is 1.00 e. The van der Waals surface area contributed by atoms with Crippen LogP contribution in [-0.2, 0) is 14.4 Å². The van der Waals surface area contributed by atoms with E-state index >= 15 is 0 Å². The summed E-state index contributed by atoms with van der Waals surface area (Å²) in [6.45, 7) is -1.03. The number of carboxylic acids is 3. The molecule has 0 saturated carbocycles. The molecule has 0 amide bonds. The number of carboxylic acid groups (broad SMARTS) is 3. The molecule has 0 aromatic heterocycles. The van der Waals surface area contributed by atoms with E-state index in [1.165, 1.54) is 9.80 Å². The van der Waals surface area contributed by atoms with Crippen LogP contribution in [0.1, 0.15) is 8.56 Å². The summed E-state index contributed by atoms with van der Waals surface area (Å²) in [5.41, 5.74) is 0. The number of aliphatic carboxylic acids is 3. The second-order valence-corrected chi connectivity index (χ2v) is 3.89. The Kier molecular flexibility index (Phi) is 80.2. The number of rotatable bonds is 11. The number of hydrogen-bond acceptors (Lipinski definition) is 6. The quantitative estimate of drug-likeness (QED) is 0.217. The second-order valence-electron chi connectivity index (χ2n) is 3.89. The second kappa shape index (κ2) is 37.5. The van der Waals surface area contributed by atoms with Crippen molar-refractivity contribution in [2.45, 2.75) is 0 Å². The summed E-state index contributed by atoms with van der Waals surface area (Å²) in [5, 5.41) is 34.7. The molecule has 0 aliphatic heterocycles. The molecule has 0 rings (SSSR count). The van der Waals surface area contributed by atoms with Crippen molar-refractivity contribution >= 4 is 17.9 Å². The number of carbonyl (C=O) groups is 3. The molecular weight excluding hydrogens is 430 g/mol. The number of hydrogen-bond donors (Lipinski definition) is 4. The Hall–Kier alpha value is 4.21. The monoisotopic (exact) mass is 458 g/mol. The smallest absolute Gasteiger partial charge is 1.00 e. The van der Waals surface area contributed by atoms with Crippen LogP contribution >= 0.6 is 0 Å². The van der Waals surface area contributed by atoms with Gasteiger partial charge in [0.1, 0.15) is 0 Å². The molecule has 0 unspecified atom stereocenters. The normalized spacial score (nSPS) is 7.67. The van der Waals surface area contributed by atoms with Crippen molar-refractivity contribution < 1.29 is 232 Å². The largest absolute Gasteiger partial charge is 1.00 e. The molecule has 0 heterocycles. The Bertz CT molecular complexity index is 351. The Morgan fingerprint density at radius 1 is 0.593 bits per heavy atom. The van der Waals surface area contributed by atoms with Crippen LogP contribution < -0.4 is 177 Å². The molecule has 0 aromatic carbocycles. The van der Waals surface area contributed by atoms with Crippen LogP contribution in [0.3, 0.4) is 0 Å². The number of aliphatic hydroxyl groups excluding tert-OH is 1. The Balaban J connectivity index is -0.0000000178. The fourth-order valence-corrected chi connectivity index (χ4v) is 1.48. The van der Waals surface area contributed by atoms with Gasteiger partial charge in [-0.2, -0.15) is 0 Å². The summed E-state index contributed by atoms with van der Waals surface area (Å²) in [7, 11) is 0. The fraction of sp³-hybridized carbons (Fsp3) is 0.700. The van der Waals surface area contributed by atoms with Gasteiger partial charge in [-0.3, -0.25) is 24.2 Å². The van der Waals surface area contributed by atoms with Crippen LogP contribution in [0.15, 0.2) is 0 Å². The maximum absolute atomic E-state index is 10.6. The summed E-state index contributed by atoms with van der Waals surface area (Å²) in [6.07, 6.45) is 0. The minimum absolute atomic E-state index is 0. The molecular formula is C10H28N2Na6O9. The van der Waals surface area contributed by atoms with E-state index in [1.54, 1.807) is 0 Å². The van der Waals surface area contributed by atoms with Gasteiger partial charge in [0, 0.05) is 19.6 Å². The molecule has 138 valence electrons. The third kappa shape index (κ3) is 41.0. The summed E-state index contributed by atoms with van der Waals surface area (Å²) in [6, 6.07) is 0. The van der Waals surface area contributed by atoms with Gasteiger partial charge in [0.25, 0.3) is 0 Å².